The highest BCUT2D eigenvalue weighted by atomic mass is 35.5. The first-order valence-electron chi connectivity index (χ1n) is 6.41. The molecule has 1 amide bonds. The molecule has 0 spiro atoms. The van der Waals surface area contributed by atoms with Crippen LogP contribution in [-0.4, -0.2) is 17.4 Å². The number of nitrogens with two attached hydrogens (primary N) is 1. The van der Waals surface area contributed by atoms with E-state index in [4.69, 9.17) is 17.3 Å². The lowest BCUT2D eigenvalue weighted by Crippen LogP contribution is -2.26. The maximum atomic E-state index is 13.0. The number of rotatable bonds is 4. The Hall–Kier alpha value is -2.14. The standard InChI is InChI=1S/C15H15ClFN3O/c1-9-6-11(17)3-2-10(9)4-5-19-15(21)13-7-12(18)8-20-14(13)16/h2-3,6-8H,4-5,18H2,1H3,(H,19,21). The first kappa shape index (κ1) is 15.3. The van der Waals surface area contributed by atoms with Crippen LogP contribution >= 0.6 is 11.6 Å². The number of carbonyl (C=O) groups excluding carboxylic acids is 1. The summed E-state index contributed by atoms with van der Waals surface area (Å²) in [7, 11) is 0. The van der Waals surface area contributed by atoms with Crippen LogP contribution in [0.3, 0.4) is 0 Å². The number of amides is 1. The molecule has 0 aliphatic carbocycles. The minimum Gasteiger partial charge on any atom is -0.397 e. The Balaban J connectivity index is 1.97. The molecule has 4 nitrogen and oxygen atoms in total. The molecule has 0 radical (unpaired) electrons. The number of anilines is 1. The smallest absolute Gasteiger partial charge is 0.254 e. The predicted octanol–water partition coefficient (Wildman–Crippen LogP) is 2.74. The molecule has 0 bridgehead atoms. The molecule has 1 aromatic heterocycles. The van der Waals surface area contributed by atoms with Gasteiger partial charge in [0.1, 0.15) is 11.0 Å². The van der Waals surface area contributed by atoms with E-state index in [1.54, 1.807) is 6.07 Å². The summed E-state index contributed by atoms with van der Waals surface area (Å²) in [6.07, 6.45) is 1.99. The molecule has 1 aromatic carbocycles. The van der Waals surface area contributed by atoms with Crippen molar-refractivity contribution in [2.75, 3.05) is 12.3 Å². The fourth-order valence-corrected chi connectivity index (χ4v) is 2.16. The second-order valence-corrected chi connectivity index (χ2v) is 5.04. The van der Waals surface area contributed by atoms with Crippen molar-refractivity contribution >= 4 is 23.2 Å². The van der Waals surface area contributed by atoms with Gasteiger partial charge in [0, 0.05) is 6.54 Å². The van der Waals surface area contributed by atoms with Gasteiger partial charge in [-0.1, -0.05) is 17.7 Å². The molecule has 6 heteroatoms. The van der Waals surface area contributed by atoms with Gasteiger partial charge < -0.3 is 11.1 Å². The number of nitrogens with one attached hydrogen (secondary N) is 1. The zero-order chi connectivity index (χ0) is 15.4. The molecular weight excluding hydrogens is 293 g/mol. The SMILES string of the molecule is Cc1cc(F)ccc1CCNC(=O)c1cc(N)cnc1Cl. The molecule has 0 aliphatic heterocycles. The number of benzene rings is 1. The van der Waals surface area contributed by atoms with Crippen LogP contribution in [0.2, 0.25) is 5.15 Å². The van der Waals surface area contributed by atoms with Crippen molar-refractivity contribution in [1.82, 2.24) is 10.3 Å². The first-order chi connectivity index (χ1) is 9.97. The summed E-state index contributed by atoms with van der Waals surface area (Å²) in [6.45, 7) is 2.25. The molecule has 0 saturated carbocycles. The summed E-state index contributed by atoms with van der Waals surface area (Å²) in [5.74, 6) is -0.600. The van der Waals surface area contributed by atoms with Gasteiger partial charge in [-0.25, -0.2) is 9.37 Å². The van der Waals surface area contributed by atoms with E-state index >= 15 is 0 Å². The first-order valence-corrected chi connectivity index (χ1v) is 6.79. The number of pyridine rings is 1. The Morgan fingerprint density at radius 2 is 2.19 bits per heavy atom. The molecule has 0 aliphatic rings. The number of hydrogen-bond donors (Lipinski definition) is 2. The molecule has 0 unspecified atom stereocenters. The summed E-state index contributed by atoms with van der Waals surface area (Å²) in [6, 6.07) is 6.07. The number of hydrogen-bond acceptors (Lipinski definition) is 3. The van der Waals surface area contributed by atoms with Crippen molar-refractivity contribution < 1.29 is 9.18 Å². The Morgan fingerprint density at radius 1 is 1.43 bits per heavy atom. The van der Waals surface area contributed by atoms with Gasteiger partial charge in [0.05, 0.1) is 17.4 Å². The van der Waals surface area contributed by atoms with E-state index < -0.39 is 0 Å². The Kier molecular flexibility index (Phi) is 4.75. The maximum absolute atomic E-state index is 13.0. The lowest BCUT2D eigenvalue weighted by molar-refractivity contribution is 0.0954. The van der Waals surface area contributed by atoms with Gasteiger partial charge in [-0.2, -0.15) is 0 Å². The highest BCUT2D eigenvalue weighted by Gasteiger charge is 2.11. The van der Waals surface area contributed by atoms with Crippen molar-refractivity contribution in [2.24, 2.45) is 0 Å². The van der Waals surface area contributed by atoms with Crippen LogP contribution in [-0.2, 0) is 6.42 Å². The van der Waals surface area contributed by atoms with E-state index in [0.717, 1.165) is 11.1 Å². The van der Waals surface area contributed by atoms with E-state index in [0.29, 0.717) is 18.7 Å². The molecule has 0 saturated heterocycles. The Labute approximate surface area is 127 Å². The molecule has 110 valence electrons. The Morgan fingerprint density at radius 3 is 2.90 bits per heavy atom. The van der Waals surface area contributed by atoms with E-state index in [1.807, 2.05) is 6.92 Å². The fraction of sp³-hybridized carbons (Fsp3) is 0.200. The van der Waals surface area contributed by atoms with Gasteiger partial charge in [-0.05, 0) is 42.7 Å². The summed E-state index contributed by atoms with van der Waals surface area (Å²) in [4.78, 5) is 15.8. The van der Waals surface area contributed by atoms with Gasteiger partial charge in [0.25, 0.3) is 5.91 Å². The molecule has 21 heavy (non-hydrogen) atoms. The van der Waals surface area contributed by atoms with Gasteiger partial charge in [0.2, 0.25) is 0 Å². The van der Waals surface area contributed by atoms with Crippen molar-refractivity contribution in [3.8, 4) is 0 Å². The summed E-state index contributed by atoms with van der Waals surface area (Å²) in [5, 5.41) is 2.86. The van der Waals surface area contributed by atoms with Gasteiger partial charge >= 0.3 is 0 Å². The van der Waals surface area contributed by atoms with Crippen LogP contribution in [0.25, 0.3) is 0 Å². The summed E-state index contributed by atoms with van der Waals surface area (Å²) in [5.41, 5.74) is 8.03. The highest BCUT2D eigenvalue weighted by molar-refractivity contribution is 6.32. The third-order valence-electron chi connectivity index (χ3n) is 3.09. The molecule has 0 fully saturated rings. The molecular formula is C15H15ClFN3O. The van der Waals surface area contributed by atoms with E-state index in [9.17, 15) is 9.18 Å². The molecule has 2 aromatic rings. The summed E-state index contributed by atoms with van der Waals surface area (Å²) >= 11 is 5.86. The van der Waals surface area contributed by atoms with Crippen LogP contribution in [0.5, 0.6) is 0 Å². The number of nitrogen functional groups attached to an aromatic ring is 1. The highest BCUT2D eigenvalue weighted by Crippen LogP contribution is 2.15. The average molecular weight is 308 g/mol. The third kappa shape index (κ3) is 3.92. The van der Waals surface area contributed by atoms with Crippen molar-refractivity contribution in [3.05, 3.63) is 58.1 Å². The van der Waals surface area contributed by atoms with Crippen LogP contribution < -0.4 is 11.1 Å². The number of aromatic nitrogens is 1. The number of halogens is 2. The van der Waals surface area contributed by atoms with Gasteiger partial charge in [-0.3, -0.25) is 4.79 Å². The largest absolute Gasteiger partial charge is 0.397 e. The molecule has 3 N–H and O–H groups in total. The lowest BCUT2D eigenvalue weighted by atomic mass is 10.1. The monoisotopic (exact) mass is 307 g/mol. The van der Waals surface area contributed by atoms with Crippen LogP contribution in [0.15, 0.2) is 30.5 Å². The number of carbonyl (C=O) groups is 1. The topological polar surface area (TPSA) is 68.0 Å². The fourth-order valence-electron chi connectivity index (χ4n) is 1.97. The minimum absolute atomic E-state index is 0.111. The number of nitrogens with zero attached hydrogens (tertiary/aromatic N) is 1. The maximum Gasteiger partial charge on any atom is 0.254 e. The second-order valence-electron chi connectivity index (χ2n) is 4.68. The second kappa shape index (κ2) is 6.54. The Bertz CT molecular complexity index is 676. The van der Waals surface area contributed by atoms with E-state index in [1.165, 1.54) is 24.4 Å². The normalized spacial score (nSPS) is 10.4. The predicted molar refractivity (Wildman–Crippen MR) is 80.8 cm³/mol. The van der Waals surface area contributed by atoms with E-state index in [2.05, 4.69) is 10.3 Å². The van der Waals surface area contributed by atoms with Gasteiger partial charge in [0.15, 0.2) is 0 Å². The number of aryl methyl sites for hydroxylation is 1. The van der Waals surface area contributed by atoms with Crippen molar-refractivity contribution in [1.29, 1.82) is 0 Å². The molecule has 0 atom stereocenters. The van der Waals surface area contributed by atoms with Crippen LogP contribution in [0, 0.1) is 12.7 Å². The van der Waals surface area contributed by atoms with Crippen LogP contribution in [0.4, 0.5) is 10.1 Å². The molecule has 2 rings (SSSR count). The third-order valence-corrected chi connectivity index (χ3v) is 3.39. The zero-order valence-corrected chi connectivity index (χ0v) is 12.2. The average Bonchev–Trinajstić information content (AvgIpc) is 2.43. The van der Waals surface area contributed by atoms with Crippen LogP contribution in [0.1, 0.15) is 21.5 Å². The van der Waals surface area contributed by atoms with E-state index in [-0.39, 0.29) is 22.4 Å². The lowest BCUT2D eigenvalue weighted by Gasteiger charge is -2.09. The van der Waals surface area contributed by atoms with Gasteiger partial charge in [-0.15, -0.1) is 0 Å². The molecule has 1 heterocycles. The van der Waals surface area contributed by atoms with Crippen molar-refractivity contribution in [2.45, 2.75) is 13.3 Å². The van der Waals surface area contributed by atoms with Crippen molar-refractivity contribution in [3.63, 3.8) is 0 Å². The quantitative estimate of drug-likeness (QED) is 0.853. The zero-order valence-electron chi connectivity index (χ0n) is 11.5. The summed E-state index contributed by atoms with van der Waals surface area (Å²) < 4.78 is 13.0. The minimum atomic E-state index is -0.334.